The van der Waals surface area contributed by atoms with Crippen LogP contribution < -0.4 is 0 Å². The molecule has 0 radical (unpaired) electrons. The second kappa shape index (κ2) is 4.03. The summed E-state index contributed by atoms with van der Waals surface area (Å²) in [6, 6.07) is 0. The number of rotatable bonds is 1. The summed E-state index contributed by atoms with van der Waals surface area (Å²) in [5, 5.41) is 10.4. The molecule has 0 heterocycles. The van der Waals surface area contributed by atoms with Crippen LogP contribution in [0.25, 0.3) is 0 Å². The summed E-state index contributed by atoms with van der Waals surface area (Å²) in [7, 11) is 0. The molecule has 1 N–H and O–H groups in total. The molecule has 1 heteroatoms. The number of aliphatic hydroxyl groups is 1. The van der Waals surface area contributed by atoms with E-state index in [1.54, 1.807) is 0 Å². The molecule has 2 aliphatic rings. The summed E-state index contributed by atoms with van der Waals surface area (Å²) in [4.78, 5) is 0. The minimum Gasteiger partial charge on any atom is -0.386 e. The standard InChI is InChI=1S/C15H24O/c1-10(2)12-7-8-15(4,16)14-6-5-11(3)9-13(12)14/h7-8,11-14,16H,1,5-6,9H2,2-4H3/t11-,12-,13-,14?,15-/m0/s1. The van der Waals surface area contributed by atoms with E-state index in [1.165, 1.54) is 18.4 Å². The first-order valence-electron chi connectivity index (χ1n) is 6.49. The van der Waals surface area contributed by atoms with Crippen LogP contribution in [0.1, 0.15) is 40.0 Å². The van der Waals surface area contributed by atoms with Crippen LogP contribution in [0.2, 0.25) is 0 Å². The van der Waals surface area contributed by atoms with Crippen molar-refractivity contribution in [1.29, 1.82) is 0 Å². The Kier molecular flexibility index (Phi) is 3.00. The molecule has 0 amide bonds. The molecule has 0 spiro atoms. The highest BCUT2D eigenvalue weighted by Gasteiger charge is 2.44. The Labute approximate surface area is 99.3 Å². The van der Waals surface area contributed by atoms with Gasteiger partial charge in [0, 0.05) is 5.92 Å². The Bertz CT molecular complexity index is 313. The summed E-state index contributed by atoms with van der Waals surface area (Å²) >= 11 is 0. The van der Waals surface area contributed by atoms with E-state index in [1.807, 2.05) is 13.0 Å². The van der Waals surface area contributed by atoms with Crippen LogP contribution in [-0.4, -0.2) is 10.7 Å². The minimum atomic E-state index is -0.600. The lowest BCUT2D eigenvalue weighted by atomic mass is 9.59. The molecule has 16 heavy (non-hydrogen) atoms. The van der Waals surface area contributed by atoms with Crippen molar-refractivity contribution in [1.82, 2.24) is 0 Å². The zero-order valence-electron chi connectivity index (χ0n) is 10.7. The topological polar surface area (TPSA) is 20.2 Å². The molecule has 5 atom stereocenters. The van der Waals surface area contributed by atoms with Crippen LogP contribution in [0.3, 0.4) is 0 Å². The van der Waals surface area contributed by atoms with Crippen LogP contribution >= 0.6 is 0 Å². The summed E-state index contributed by atoms with van der Waals surface area (Å²) < 4.78 is 0. The van der Waals surface area contributed by atoms with Gasteiger partial charge in [0.1, 0.15) is 0 Å². The molecule has 0 saturated heterocycles. The van der Waals surface area contributed by atoms with E-state index in [4.69, 9.17) is 0 Å². The molecule has 2 aliphatic carbocycles. The third-order valence-corrected chi connectivity index (χ3v) is 4.58. The zero-order valence-corrected chi connectivity index (χ0v) is 10.7. The number of hydrogen-bond donors (Lipinski definition) is 1. The highest BCUT2D eigenvalue weighted by atomic mass is 16.3. The van der Waals surface area contributed by atoms with Gasteiger partial charge in [0.05, 0.1) is 5.60 Å². The van der Waals surface area contributed by atoms with Crippen molar-refractivity contribution in [3.05, 3.63) is 24.3 Å². The van der Waals surface area contributed by atoms with Crippen LogP contribution in [0.5, 0.6) is 0 Å². The Hall–Kier alpha value is -0.560. The third-order valence-electron chi connectivity index (χ3n) is 4.58. The summed E-state index contributed by atoms with van der Waals surface area (Å²) in [6.07, 6.45) is 7.84. The minimum absolute atomic E-state index is 0.426. The van der Waals surface area contributed by atoms with Gasteiger partial charge in [0.15, 0.2) is 0 Å². The highest BCUT2D eigenvalue weighted by molar-refractivity contribution is 5.20. The maximum atomic E-state index is 10.4. The highest BCUT2D eigenvalue weighted by Crippen LogP contribution is 2.48. The van der Waals surface area contributed by atoms with E-state index in [0.29, 0.717) is 17.8 Å². The van der Waals surface area contributed by atoms with Gasteiger partial charge in [-0.25, -0.2) is 0 Å². The van der Waals surface area contributed by atoms with Crippen molar-refractivity contribution in [3.8, 4) is 0 Å². The zero-order chi connectivity index (χ0) is 11.9. The monoisotopic (exact) mass is 220 g/mol. The summed E-state index contributed by atoms with van der Waals surface area (Å²) in [5.74, 6) is 2.30. The molecule has 0 bridgehead atoms. The van der Waals surface area contributed by atoms with E-state index in [0.717, 1.165) is 12.3 Å². The number of allylic oxidation sites excluding steroid dienone is 2. The molecule has 90 valence electrons. The average molecular weight is 220 g/mol. The third kappa shape index (κ3) is 1.98. The molecule has 1 nitrogen and oxygen atoms in total. The van der Waals surface area contributed by atoms with Crippen LogP contribution in [0.15, 0.2) is 24.3 Å². The van der Waals surface area contributed by atoms with Gasteiger partial charge in [0.25, 0.3) is 0 Å². The Morgan fingerprint density at radius 2 is 2.12 bits per heavy atom. The Morgan fingerprint density at radius 1 is 1.44 bits per heavy atom. The van der Waals surface area contributed by atoms with Gasteiger partial charge < -0.3 is 5.11 Å². The predicted octanol–water partition coefficient (Wildman–Crippen LogP) is 3.55. The lowest BCUT2D eigenvalue weighted by Gasteiger charge is -2.47. The normalized spacial score (nSPS) is 47.5. The van der Waals surface area contributed by atoms with Crippen LogP contribution in [-0.2, 0) is 0 Å². The molecule has 1 saturated carbocycles. The van der Waals surface area contributed by atoms with Gasteiger partial charge in [-0.1, -0.05) is 37.6 Å². The van der Waals surface area contributed by atoms with Crippen LogP contribution in [0.4, 0.5) is 0 Å². The second-order valence-corrected chi connectivity index (χ2v) is 6.15. The van der Waals surface area contributed by atoms with Gasteiger partial charge >= 0.3 is 0 Å². The largest absolute Gasteiger partial charge is 0.386 e. The van der Waals surface area contributed by atoms with E-state index in [2.05, 4.69) is 26.5 Å². The molecular weight excluding hydrogens is 196 g/mol. The van der Waals surface area contributed by atoms with Crippen molar-refractivity contribution >= 4 is 0 Å². The summed E-state index contributed by atoms with van der Waals surface area (Å²) in [6.45, 7) is 10.5. The fourth-order valence-electron chi connectivity index (χ4n) is 3.64. The molecule has 0 aromatic heterocycles. The molecular formula is C15H24O. The smallest absolute Gasteiger partial charge is 0.0830 e. The molecule has 0 aromatic rings. The van der Waals surface area contributed by atoms with E-state index in [-0.39, 0.29) is 0 Å². The molecule has 0 aliphatic heterocycles. The SMILES string of the molecule is C=C(C)[C@@H]1C=C[C@](C)(O)C2CC[C@H](C)C[C@H]21. The average Bonchev–Trinajstić information content (AvgIpc) is 2.16. The molecule has 1 fully saturated rings. The number of fused-ring (bicyclic) bond motifs is 1. The van der Waals surface area contributed by atoms with Gasteiger partial charge in [0.2, 0.25) is 0 Å². The summed E-state index contributed by atoms with van der Waals surface area (Å²) in [5.41, 5.74) is 0.646. The predicted molar refractivity (Wildman–Crippen MR) is 68.1 cm³/mol. The first-order valence-corrected chi connectivity index (χ1v) is 6.49. The Morgan fingerprint density at radius 3 is 2.75 bits per heavy atom. The Balaban J connectivity index is 2.30. The lowest BCUT2D eigenvalue weighted by Crippen LogP contribution is -2.46. The van der Waals surface area contributed by atoms with Gasteiger partial charge in [-0.3, -0.25) is 0 Å². The number of hydrogen-bond acceptors (Lipinski definition) is 1. The van der Waals surface area contributed by atoms with Gasteiger partial charge in [-0.2, -0.15) is 0 Å². The van der Waals surface area contributed by atoms with E-state index < -0.39 is 5.60 Å². The first-order chi connectivity index (χ1) is 7.42. The van der Waals surface area contributed by atoms with Crippen molar-refractivity contribution in [3.63, 3.8) is 0 Å². The van der Waals surface area contributed by atoms with Crippen molar-refractivity contribution in [2.45, 2.75) is 45.6 Å². The van der Waals surface area contributed by atoms with Gasteiger partial charge in [-0.05, 0) is 44.4 Å². The van der Waals surface area contributed by atoms with E-state index >= 15 is 0 Å². The second-order valence-electron chi connectivity index (χ2n) is 6.15. The maximum Gasteiger partial charge on any atom is 0.0830 e. The molecule has 1 unspecified atom stereocenters. The fourth-order valence-corrected chi connectivity index (χ4v) is 3.64. The van der Waals surface area contributed by atoms with Crippen molar-refractivity contribution < 1.29 is 5.11 Å². The van der Waals surface area contributed by atoms with Crippen molar-refractivity contribution in [2.75, 3.05) is 0 Å². The van der Waals surface area contributed by atoms with Crippen LogP contribution in [0, 0.1) is 23.7 Å². The molecule has 2 rings (SSSR count). The van der Waals surface area contributed by atoms with Gasteiger partial charge in [-0.15, -0.1) is 0 Å². The van der Waals surface area contributed by atoms with E-state index in [9.17, 15) is 5.11 Å². The molecule has 0 aromatic carbocycles. The maximum absolute atomic E-state index is 10.4. The lowest BCUT2D eigenvalue weighted by molar-refractivity contribution is -0.0297. The fraction of sp³-hybridized carbons (Fsp3) is 0.733. The first kappa shape index (κ1) is 11.9. The quantitative estimate of drug-likeness (QED) is 0.670. The van der Waals surface area contributed by atoms with Crippen molar-refractivity contribution in [2.24, 2.45) is 23.7 Å².